The van der Waals surface area contributed by atoms with Crippen molar-refractivity contribution >= 4 is 23.3 Å². The van der Waals surface area contributed by atoms with Crippen LogP contribution in [-0.2, 0) is 0 Å². The molecule has 0 aliphatic rings. The molecule has 3 heteroatoms. The maximum absolute atomic E-state index is 11.1. The van der Waals surface area contributed by atoms with Crippen LogP contribution in [0.1, 0.15) is 22.2 Å². The Hall–Kier alpha value is -1.09. The highest BCUT2D eigenvalue weighted by atomic mass is 32.1. The first-order chi connectivity index (χ1) is 5.77. The SMILES string of the molecule is C/C=C/c1csc(C(=O)NC)c1. The zero-order valence-electron chi connectivity index (χ0n) is 7.13. The van der Waals surface area contributed by atoms with E-state index in [1.165, 1.54) is 11.3 Å². The van der Waals surface area contributed by atoms with Crippen molar-refractivity contribution in [1.82, 2.24) is 5.32 Å². The fourth-order valence-electron chi connectivity index (χ4n) is 0.873. The number of carbonyl (C=O) groups excluding carboxylic acids is 1. The van der Waals surface area contributed by atoms with Crippen LogP contribution in [0.3, 0.4) is 0 Å². The van der Waals surface area contributed by atoms with Gasteiger partial charge in [-0.25, -0.2) is 0 Å². The Morgan fingerprint density at radius 3 is 3.00 bits per heavy atom. The number of carbonyl (C=O) groups is 1. The topological polar surface area (TPSA) is 29.1 Å². The van der Waals surface area contributed by atoms with E-state index in [9.17, 15) is 4.79 Å². The molecular formula is C9H11NOS. The van der Waals surface area contributed by atoms with Gasteiger partial charge in [-0.05, 0) is 23.9 Å². The molecule has 1 amide bonds. The van der Waals surface area contributed by atoms with Crippen molar-refractivity contribution in [2.75, 3.05) is 7.05 Å². The van der Waals surface area contributed by atoms with E-state index >= 15 is 0 Å². The summed E-state index contributed by atoms with van der Waals surface area (Å²) in [7, 11) is 1.64. The molecule has 1 rings (SSSR count). The first kappa shape index (κ1) is 9.00. The van der Waals surface area contributed by atoms with Crippen molar-refractivity contribution in [3.8, 4) is 0 Å². The zero-order chi connectivity index (χ0) is 8.97. The van der Waals surface area contributed by atoms with Gasteiger partial charge in [0.2, 0.25) is 0 Å². The molecule has 0 unspecified atom stereocenters. The summed E-state index contributed by atoms with van der Waals surface area (Å²) in [5, 5.41) is 4.55. The highest BCUT2D eigenvalue weighted by Gasteiger charge is 2.04. The monoisotopic (exact) mass is 181 g/mol. The smallest absolute Gasteiger partial charge is 0.261 e. The molecule has 0 aromatic carbocycles. The average Bonchev–Trinajstić information content (AvgIpc) is 2.52. The van der Waals surface area contributed by atoms with Gasteiger partial charge in [-0.3, -0.25) is 4.79 Å². The largest absolute Gasteiger partial charge is 0.354 e. The van der Waals surface area contributed by atoms with Gasteiger partial charge in [0.15, 0.2) is 0 Å². The molecule has 0 aliphatic heterocycles. The van der Waals surface area contributed by atoms with E-state index in [1.807, 2.05) is 30.5 Å². The number of hydrogen-bond acceptors (Lipinski definition) is 2. The lowest BCUT2D eigenvalue weighted by molar-refractivity contribution is 0.0967. The van der Waals surface area contributed by atoms with Crippen LogP contribution >= 0.6 is 11.3 Å². The van der Waals surface area contributed by atoms with Crippen molar-refractivity contribution in [3.05, 3.63) is 28.0 Å². The highest BCUT2D eigenvalue weighted by Crippen LogP contribution is 2.15. The summed E-state index contributed by atoms with van der Waals surface area (Å²) in [4.78, 5) is 11.9. The molecule has 0 radical (unpaired) electrons. The molecular weight excluding hydrogens is 170 g/mol. The van der Waals surface area contributed by atoms with Crippen molar-refractivity contribution in [2.45, 2.75) is 6.92 Å². The minimum absolute atomic E-state index is 0.0178. The second-order valence-electron chi connectivity index (χ2n) is 2.32. The van der Waals surface area contributed by atoms with E-state index in [2.05, 4.69) is 5.32 Å². The number of allylic oxidation sites excluding steroid dienone is 1. The number of rotatable bonds is 2. The third kappa shape index (κ3) is 1.95. The van der Waals surface area contributed by atoms with Crippen molar-refractivity contribution in [3.63, 3.8) is 0 Å². The van der Waals surface area contributed by atoms with E-state index in [0.29, 0.717) is 0 Å². The second kappa shape index (κ2) is 4.07. The number of amides is 1. The second-order valence-corrected chi connectivity index (χ2v) is 3.23. The molecule has 0 spiro atoms. The molecule has 1 heterocycles. The number of nitrogens with one attached hydrogen (secondary N) is 1. The Morgan fingerprint density at radius 2 is 2.42 bits per heavy atom. The molecule has 0 bridgehead atoms. The summed E-state index contributed by atoms with van der Waals surface area (Å²) in [5.41, 5.74) is 1.08. The van der Waals surface area contributed by atoms with Crippen LogP contribution < -0.4 is 5.32 Å². The van der Waals surface area contributed by atoms with Crippen LogP contribution in [0.5, 0.6) is 0 Å². The van der Waals surface area contributed by atoms with Crippen molar-refractivity contribution in [1.29, 1.82) is 0 Å². The fraction of sp³-hybridized carbons (Fsp3) is 0.222. The van der Waals surface area contributed by atoms with Crippen LogP contribution in [0, 0.1) is 0 Å². The van der Waals surface area contributed by atoms with E-state index in [0.717, 1.165) is 10.4 Å². The third-order valence-corrected chi connectivity index (χ3v) is 2.38. The molecule has 0 atom stereocenters. The predicted molar refractivity (Wildman–Crippen MR) is 52.4 cm³/mol. The molecule has 2 nitrogen and oxygen atoms in total. The van der Waals surface area contributed by atoms with Gasteiger partial charge >= 0.3 is 0 Å². The van der Waals surface area contributed by atoms with Gasteiger partial charge in [0.1, 0.15) is 0 Å². The van der Waals surface area contributed by atoms with E-state index in [1.54, 1.807) is 7.05 Å². The van der Waals surface area contributed by atoms with E-state index in [4.69, 9.17) is 0 Å². The van der Waals surface area contributed by atoms with Gasteiger partial charge in [0.05, 0.1) is 4.88 Å². The summed E-state index contributed by atoms with van der Waals surface area (Å²) in [6.45, 7) is 1.96. The number of thiophene rings is 1. The van der Waals surface area contributed by atoms with E-state index < -0.39 is 0 Å². The lowest BCUT2D eigenvalue weighted by Gasteiger charge is -1.91. The minimum Gasteiger partial charge on any atom is -0.354 e. The molecule has 0 fully saturated rings. The Morgan fingerprint density at radius 1 is 1.67 bits per heavy atom. The van der Waals surface area contributed by atoms with Crippen LogP contribution in [-0.4, -0.2) is 13.0 Å². The summed E-state index contributed by atoms with van der Waals surface area (Å²) in [5.74, 6) is -0.0178. The third-order valence-electron chi connectivity index (χ3n) is 1.43. The summed E-state index contributed by atoms with van der Waals surface area (Å²) >= 11 is 1.46. The molecule has 0 saturated heterocycles. The standard InChI is InChI=1S/C9H11NOS/c1-3-4-7-5-8(12-6-7)9(11)10-2/h3-6H,1-2H3,(H,10,11)/b4-3+. The van der Waals surface area contributed by atoms with Gasteiger partial charge in [-0.2, -0.15) is 0 Å². The van der Waals surface area contributed by atoms with Crippen LogP contribution in [0.4, 0.5) is 0 Å². The van der Waals surface area contributed by atoms with Gasteiger partial charge in [0, 0.05) is 7.05 Å². The predicted octanol–water partition coefficient (Wildman–Crippen LogP) is 2.14. The maximum atomic E-state index is 11.1. The lowest BCUT2D eigenvalue weighted by atomic mass is 10.3. The van der Waals surface area contributed by atoms with Crippen LogP contribution in [0.2, 0.25) is 0 Å². The van der Waals surface area contributed by atoms with Gasteiger partial charge in [-0.1, -0.05) is 12.2 Å². The first-order valence-electron chi connectivity index (χ1n) is 3.71. The molecule has 1 aromatic rings. The quantitative estimate of drug-likeness (QED) is 0.744. The van der Waals surface area contributed by atoms with Gasteiger partial charge in [-0.15, -0.1) is 11.3 Å². The summed E-state index contributed by atoms with van der Waals surface area (Å²) in [6.07, 6.45) is 3.93. The lowest BCUT2D eigenvalue weighted by Crippen LogP contribution is -2.15. The highest BCUT2D eigenvalue weighted by molar-refractivity contribution is 7.12. The normalized spacial score (nSPS) is 10.5. The van der Waals surface area contributed by atoms with Gasteiger partial charge < -0.3 is 5.32 Å². The Bertz CT molecular complexity index is 301. The van der Waals surface area contributed by atoms with E-state index in [-0.39, 0.29) is 5.91 Å². The summed E-state index contributed by atoms with van der Waals surface area (Å²) < 4.78 is 0. The molecule has 12 heavy (non-hydrogen) atoms. The molecule has 0 saturated carbocycles. The van der Waals surface area contributed by atoms with Gasteiger partial charge in [0.25, 0.3) is 5.91 Å². The maximum Gasteiger partial charge on any atom is 0.261 e. The van der Waals surface area contributed by atoms with Crippen LogP contribution in [0.25, 0.3) is 6.08 Å². The fourth-order valence-corrected chi connectivity index (χ4v) is 1.70. The van der Waals surface area contributed by atoms with Crippen molar-refractivity contribution in [2.24, 2.45) is 0 Å². The zero-order valence-corrected chi connectivity index (χ0v) is 7.94. The number of hydrogen-bond donors (Lipinski definition) is 1. The molecule has 1 aromatic heterocycles. The Kier molecular flexibility index (Phi) is 3.05. The minimum atomic E-state index is -0.0178. The van der Waals surface area contributed by atoms with Crippen molar-refractivity contribution < 1.29 is 4.79 Å². The Balaban J connectivity index is 2.84. The first-order valence-corrected chi connectivity index (χ1v) is 4.59. The van der Waals surface area contributed by atoms with Crippen LogP contribution in [0.15, 0.2) is 17.5 Å². The average molecular weight is 181 g/mol. The molecule has 64 valence electrons. The molecule has 0 aliphatic carbocycles. The Labute approximate surface area is 75.9 Å². The summed E-state index contributed by atoms with van der Waals surface area (Å²) in [6, 6.07) is 1.88. The molecule has 1 N–H and O–H groups in total.